The van der Waals surface area contributed by atoms with Crippen molar-refractivity contribution in [3.8, 4) is 0 Å². The predicted octanol–water partition coefficient (Wildman–Crippen LogP) is -0.667. The SMILES string of the molecule is NNC(=O)c1ccc2nncn2c1. The first-order valence-corrected chi connectivity index (χ1v) is 3.61. The Morgan fingerprint density at radius 2 is 2.38 bits per heavy atom. The number of pyridine rings is 1. The fraction of sp³-hybridized carbons (Fsp3) is 0. The Bertz CT molecular complexity index is 449. The molecule has 13 heavy (non-hydrogen) atoms. The molecule has 2 aromatic heterocycles. The molecule has 0 aliphatic heterocycles. The van der Waals surface area contributed by atoms with E-state index in [1.807, 2.05) is 5.43 Å². The number of fused-ring (bicyclic) bond motifs is 1. The van der Waals surface area contributed by atoms with Crippen LogP contribution in [0.3, 0.4) is 0 Å². The van der Waals surface area contributed by atoms with Crippen molar-refractivity contribution in [1.82, 2.24) is 20.0 Å². The van der Waals surface area contributed by atoms with Crippen LogP contribution in [0.4, 0.5) is 0 Å². The molecule has 0 spiro atoms. The summed E-state index contributed by atoms with van der Waals surface area (Å²) in [5, 5.41) is 7.47. The van der Waals surface area contributed by atoms with Gasteiger partial charge in [-0.25, -0.2) is 5.84 Å². The minimum Gasteiger partial charge on any atom is -0.290 e. The number of hydrogen-bond acceptors (Lipinski definition) is 4. The van der Waals surface area contributed by atoms with Gasteiger partial charge in [0.1, 0.15) is 6.33 Å². The van der Waals surface area contributed by atoms with E-state index in [9.17, 15) is 4.79 Å². The molecule has 66 valence electrons. The third-order valence-corrected chi connectivity index (χ3v) is 1.68. The average molecular weight is 177 g/mol. The van der Waals surface area contributed by atoms with Crippen molar-refractivity contribution in [1.29, 1.82) is 0 Å². The lowest BCUT2D eigenvalue weighted by Gasteiger charge is -1.98. The summed E-state index contributed by atoms with van der Waals surface area (Å²) in [6.45, 7) is 0. The van der Waals surface area contributed by atoms with Crippen LogP contribution < -0.4 is 11.3 Å². The summed E-state index contributed by atoms with van der Waals surface area (Å²) in [5.74, 6) is 4.65. The van der Waals surface area contributed by atoms with E-state index in [-0.39, 0.29) is 5.91 Å². The van der Waals surface area contributed by atoms with Gasteiger partial charge in [0.25, 0.3) is 5.91 Å². The van der Waals surface area contributed by atoms with Crippen LogP contribution >= 0.6 is 0 Å². The van der Waals surface area contributed by atoms with Crippen LogP contribution in [-0.2, 0) is 0 Å². The number of carbonyl (C=O) groups is 1. The molecule has 0 aliphatic rings. The van der Waals surface area contributed by atoms with E-state index in [1.54, 1.807) is 22.7 Å². The molecule has 1 amide bonds. The Morgan fingerprint density at radius 3 is 3.15 bits per heavy atom. The van der Waals surface area contributed by atoms with Gasteiger partial charge in [-0.2, -0.15) is 0 Å². The number of carbonyl (C=O) groups excluding carboxylic acids is 1. The zero-order chi connectivity index (χ0) is 9.26. The van der Waals surface area contributed by atoms with E-state index in [0.29, 0.717) is 11.2 Å². The van der Waals surface area contributed by atoms with Crippen molar-refractivity contribution in [3.05, 3.63) is 30.2 Å². The third-order valence-electron chi connectivity index (χ3n) is 1.68. The van der Waals surface area contributed by atoms with Gasteiger partial charge < -0.3 is 0 Å². The molecule has 2 heterocycles. The number of hydrogen-bond donors (Lipinski definition) is 2. The number of nitrogens with two attached hydrogens (primary N) is 1. The van der Waals surface area contributed by atoms with Crippen LogP contribution in [0.5, 0.6) is 0 Å². The van der Waals surface area contributed by atoms with Gasteiger partial charge in [0, 0.05) is 6.20 Å². The molecule has 0 radical (unpaired) electrons. The highest BCUT2D eigenvalue weighted by Gasteiger charge is 2.04. The van der Waals surface area contributed by atoms with Crippen LogP contribution in [0.2, 0.25) is 0 Å². The summed E-state index contributed by atoms with van der Waals surface area (Å²) < 4.78 is 1.64. The van der Waals surface area contributed by atoms with Gasteiger partial charge in [0.2, 0.25) is 0 Å². The minimum atomic E-state index is -0.337. The first-order valence-electron chi connectivity index (χ1n) is 3.61. The summed E-state index contributed by atoms with van der Waals surface area (Å²) in [5.41, 5.74) is 3.20. The van der Waals surface area contributed by atoms with Crippen LogP contribution in [0, 0.1) is 0 Å². The van der Waals surface area contributed by atoms with Gasteiger partial charge in [-0.15, -0.1) is 10.2 Å². The van der Waals surface area contributed by atoms with Crippen molar-refractivity contribution < 1.29 is 4.79 Å². The van der Waals surface area contributed by atoms with E-state index >= 15 is 0 Å². The lowest BCUT2D eigenvalue weighted by molar-refractivity contribution is 0.0953. The number of nitrogens with zero attached hydrogens (tertiary/aromatic N) is 3. The molecular formula is C7H7N5O. The Morgan fingerprint density at radius 1 is 1.54 bits per heavy atom. The molecule has 0 unspecified atom stereocenters. The average Bonchev–Trinajstić information content (AvgIpc) is 2.63. The standard InChI is InChI=1S/C7H7N5O/c8-10-7(13)5-1-2-6-11-9-4-12(6)3-5/h1-4H,8H2,(H,10,13). The van der Waals surface area contributed by atoms with Gasteiger partial charge in [-0.3, -0.25) is 14.6 Å². The Hall–Kier alpha value is -1.95. The number of aromatic nitrogens is 3. The monoisotopic (exact) mass is 177 g/mol. The first-order chi connectivity index (χ1) is 6.31. The molecule has 6 nitrogen and oxygen atoms in total. The lowest BCUT2D eigenvalue weighted by atomic mass is 10.3. The largest absolute Gasteiger partial charge is 0.290 e. The molecule has 2 aromatic rings. The molecule has 2 rings (SSSR count). The second-order valence-corrected chi connectivity index (χ2v) is 2.49. The molecule has 0 atom stereocenters. The van der Waals surface area contributed by atoms with E-state index in [2.05, 4.69) is 10.2 Å². The van der Waals surface area contributed by atoms with Gasteiger partial charge in [0.05, 0.1) is 5.56 Å². The van der Waals surface area contributed by atoms with Crippen molar-refractivity contribution in [2.45, 2.75) is 0 Å². The van der Waals surface area contributed by atoms with Gasteiger partial charge >= 0.3 is 0 Å². The quantitative estimate of drug-likeness (QED) is 0.344. The highest BCUT2D eigenvalue weighted by Crippen LogP contribution is 2.02. The first kappa shape index (κ1) is 7.69. The zero-order valence-electron chi connectivity index (χ0n) is 6.64. The fourth-order valence-electron chi connectivity index (χ4n) is 1.05. The summed E-state index contributed by atoms with van der Waals surface area (Å²) in [7, 11) is 0. The van der Waals surface area contributed by atoms with Crippen molar-refractivity contribution in [2.75, 3.05) is 0 Å². The smallest absolute Gasteiger partial charge is 0.266 e. The van der Waals surface area contributed by atoms with Crippen molar-refractivity contribution in [3.63, 3.8) is 0 Å². The van der Waals surface area contributed by atoms with E-state index in [4.69, 9.17) is 5.84 Å². The highest BCUT2D eigenvalue weighted by molar-refractivity contribution is 5.93. The molecule has 6 heteroatoms. The number of nitrogen functional groups attached to an aromatic ring is 1. The second-order valence-electron chi connectivity index (χ2n) is 2.49. The van der Waals surface area contributed by atoms with Crippen molar-refractivity contribution >= 4 is 11.6 Å². The maximum Gasteiger partial charge on any atom is 0.266 e. The maximum absolute atomic E-state index is 11.1. The van der Waals surface area contributed by atoms with Gasteiger partial charge in [0.15, 0.2) is 5.65 Å². The molecule has 3 N–H and O–H groups in total. The van der Waals surface area contributed by atoms with Crippen LogP contribution in [0.25, 0.3) is 5.65 Å². The zero-order valence-corrected chi connectivity index (χ0v) is 6.64. The Labute approximate surface area is 73.3 Å². The van der Waals surface area contributed by atoms with Crippen LogP contribution in [0.1, 0.15) is 10.4 Å². The molecule has 0 aliphatic carbocycles. The Kier molecular flexibility index (Phi) is 1.67. The van der Waals surface area contributed by atoms with E-state index in [0.717, 1.165) is 0 Å². The maximum atomic E-state index is 11.1. The fourth-order valence-corrected chi connectivity index (χ4v) is 1.05. The summed E-state index contributed by atoms with van der Waals surface area (Å²) in [6.07, 6.45) is 3.13. The number of amides is 1. The molecule has 0 saturated carbocycles. The second kappa shape index (κ2) is 2.83. The van der Waals surface area contributed by atoms with Gasteiger partial charge in [-0.1, -0.05) is 0 Å². The Balaban J connectivity index is 2.54. The minimum absolute atomic E-state index is 0.337. The highest BCUT2D eigenvalue weighted by atomic mass is 16.2. The molecule has 0 fully saturated rings. The third kappa shape index (κ3) is 1.23. The number of nitrogens with one attached hydrogen (secondary N) is 1. The molecule has 0 saturated heterocycles. The molecule has 0 bridgehead atoms. The van der Waals surface area contributed by atoms with Crippen LogP contribution in [-0.4, -0.2) is 20.5 Å². The topological polar surface area (TPSA) is 85.3 Å². The number of hydrazine groups is 1. The van der Waals surface area contributed by atoms with E-state index < -0.39 is 0 Å². The van der Waals surface area contributed by atoms with Gasteiger partial charge in [-0.05, 0) is 12.1 Å². The normalized spacial score (nSPS) is 10.2. The lowest BCUT2D eigenvalue weighted by Crippen LogP contribution is -2.30. The molecular weight excluding hydrogens is 170 g/mol. The summed E-state index contributed by atoms with van der Waals surface area (Å²) in [6, 6.07) is 3.32. The number of rotatable bonds is 1. The van der Waals surface area contributed by atoms with Crippen molar-refractivity contribution in [2.24, 2.45) is 5.84 Å². The van der Waals surface area contributed by atoms with E-state index in [1.165, 1.54) is 6.33 Å². The predicted molar refractivity (Wildman–Crippen MR) is 44.6 cm³/mol. The summed E-state index contributed by atoms with van der Waals surface area (Å²) in [4.78, 5) is 11.1. The molecule has 0 aromatic carbocycles. The summed E-state index contributed by atoms with van der Waals surface area (Å²) >= 11 is 0. The van der Waals surface area contributed by atoms with Crippen LogP contribution in [0.15, 0.2) is 24.7 Å².